The molecule has 2 nitrogen and oxygen atoms in total. The van der Waals surface area contributed by atoms with Gasteiger partial charge in [0.1, 0.15) is 5.82 Å². The van der Waals surface area contributed by atoms with Gasteiger partial charge >= 0.3 is 0 Å². The van der Waals surface area contributed by atoms with Crippen molar-refractivity contribution in [2.24, 2.45) is 5.41 Å². The fourth-order valence-corrected chi connectivity index (χ4v) is 2.49. The van der Waals surface area contributed by atoms with Gasteiger partial charge in [-0.1, -0.05) is 26.8 Å². The van der Waals surface area contributed by atoms with Crippen LogP contribution in [0.15, 0.2) is 18.2 Å². The van der Waals surface area contributed by atoms with Gasteiger partial charge in [0, 0.05) is 36.9 Å². The van der Waals surface area contributed by atoms with Crippen LogP contribution in [0.5, 0.6) is 0 Å². The molecule has 0 bridgehead atoms. The molecule has 1 aromatic rings. The van der Waals surface area contributed by atoms with Gasteiger partial charge in [-0.25, -0.2) is 4.39 Å². The third kappa shape index (κ3) is 2.66. The molecule has 18 heavy (non-hydrogen) atoms. The van der Waals surface area contributed by atoms with Crippen molar-refractivity contribution in [3.05, 3.63) is 29.6 Å². The van der Waals surface area contributed by atoms with Gasteiger partial charge < -0.3 is 10.2 Å². The summed E-state index contributed by atoms with van der Waals surface area (Å²) >= 11 is 0. The van der Waals surface area contributed by atoms with E-state index in [1.54, 1.807) is 6.07 Å². The monoisotopic (exact) mass is 250 g/mol. The van der Waals surface area contributed by atoms with E-state index in [0.29, 0.717) is 6.04 Å². The maximum absolute atomic E-state index is 13.6. The first-order valence-corrected chi connectivity index (χ1v) is 6.63. The Balaban J connectivity index is 2.21. The van der Waals surface area contributed by atoms with E-state index in [0.717, 1.165) is 30.9 Å². The van der Waals surface area contributed by atoms with Crippen molar-refractivity contribution in [3.8, 4) is 0 Å². The minimum atomic E-state index is -0.113. The Morgan fingerprint density at radius 3 is 2.72 bits per heavy atom. The lowest BCUT2D eigenvalue weighted by atomic mass is 9.85. The van der Waals surface area contributed by atoms with E-state index in [-0.39, 0.29) is 11.2 Å². The first kappa shape index (κ1) is 13.3. The standard InChI is InChI=1S/C15H23FN2/c1-11-12(16)6-5-7-13(11)18-9-8-17-14(10-18)15(2,3)4/h5-7,14,17H,8-10H2,1-4H3. The summed E-state index contributed by atoms with van der Waals surface area (Å²) in [5.74, 6) is -0.113. The number of benzene rings is 1. The molecular formula is C15H23FN2. The Hall–Kier alpha value is -1.09. The van der Waals surface area contributed by atoms with Crippen LogP contribution in [-0.4, -0.2) is 25.7 Å². The van der Waals surface area contributed by atoms with Gasteiger partial charge in [-0.05, 0) is 24.5 Å². The molecule has 0 aromatic heterocycles. The average Bonchev–Trinajstić information content (AvgIpc) is 2.32. The van der Waals surface area contributed by atoms with E-state index >= 15 is 0 Å². The second kappa shape index (κ2) is 4.88. The molecule has 1 heterocycles. The summed E-state index contributed by atoms with van der Waals surface area (Å²) in [6.45, 7) is 11.4. The molecule has 0 amide bonds. The van der Waals surface area contributed by atoms with Gasteiger partial charge in [0.15, 0.2) is 0 Å². The lowest BCUT2D eigenvalue weighted by Gasteiger charge is -2.42. The molecule has 1 aromatic carbocycles. The van der Waals surface area contributed by atoms with E-state index in [2.05, 4.69) is 31.0 Å². The number of nitrogens with zero attached hydrogens (tertiary/aromatic N) is 1. The quantitative estimate of drug-likeness (QED) is 0.824. The van der Waals surface area contributed by atoms with Crippen molar-refractivity contribution in [3.63, 3.8) is 0 Å². The molecule has 1 atom stereocenters. The molecule has 1 unspecified atom stereocenters. The van der Waals surface area contributed by atoms with Gasteiger partial charge in [0.2, 0.25) is 0 Å². The normalized spacial score (nSPS) is 21.2. The number of hydrogen-bond acceptors (Lipinski definition) is 2. The predicted octanol–water partition coefficient (Wildman–Crippen LogP) is 2.96. The summed E-state index contributed by atoms with van der Waals surface area (Å²) in [4.78, 5) is 2.30. The zero-order chi connectivity index (χ0) is 13.3. The van der Waals surface area contributed by atoms with Crippen LogP contribution in [0.2, 0.25) is 0 Å². The smallest absolute Gasteiger partial charge is 0.128 e. The fourth-order valence-electron chi connectivity index (χ4n) is 2.49. The number of rotatable bonds is 1. The number of piperazine rings is 1. The maximum Gasteiger partial charge on any atom is 0.128 e. The molecule has 1 aliphatic rings. The third-order valence-corrected chi connectivity index (χ3v) is 3.80. The van der Waals surface area contributed by atoms with Crippen LogP contribution < -0.4 is 10.2 Å². The lowest BCUT2D eigenvalue weighted by Crippen LogP contribution is -2.56. The van der Waals surface area contributed by atoms with Crippen LogP contribution >= 0.6 is 0 Å². The average molecular weight is 250 g/mol. The highest BCUT2D eigenvalue weighted by Crippen LogP contribution is 2.27. The van der Waals surface area contributed by atoms with Gasteiger partial charge in [-0.2, -0.15) is 0 Å². The molecule has 1 saturated heterocycles. The molecule has 0 aliphatic carbocycles. The van der Waals surface area contributed by atoms with Crippen molar-refractivity contribution in [1.82, 2.24) is 5.32 Å². The summed E-state index contributed by atoms with van der Waals surface area (Å²) < 4.78 is 13.6. The van der Waals surface area contributed by atoms with Crippen molar-refractivity contribution in [2.75, 3.05) is 24.5 Å². The SMILES string of the molecule is Cc1c(F)cccc1N1CCNC(C(C)(C)C)C1. The third-order valence-electron chi connectivity index (χ3n) is 3.80. The summed E-state index contributed by atoms with van der Waals surface area (Å²) in [6, 6.07) is 5.78. The Morgan fingerprint density at radius 1 is 1.33 bits per heavy atom. The van der Waals surface area contributed by atoms with Crippen molar-refractivity contribution < 1.29 is 4.39 Å². The van der Waals surface area contributed by atoms with Crippen LogP contribution in [0.25, 0.3) is 0 Å². The van der Waals surface area contributed by atoms with Gasteiger partial charge in [0.25, 0.3) is 0 Å². The first-order chi connectivity index (χ1) is 8.39. The van der Waals surface area contributed by atoms with Gasteiger partial charge in [-0.3, -0.25) is 0 Å². The van der Waals surface area contributed by atoms with Gasteiger partial charge in [0.05, 0.1) is 0 Å². The number of halogens is 1. The summed E-state index contributed by atoms with van der Waals surface area (Å²) in [5, 5.41) is 3.56. The number of anilines is 1. The molecule has 1 aliphatic heterocycles. The van der Waals surface area contributed by atoms with Crippen molar-refractivity contribution in [1.29, 1.82) is 0 Å². The first-order valence-electron chi connectivity index (χ1n) is 6.63. The fraction of sp³-hybridized carbons (Fsp3) is 0.600. The van der Waals surface area contributed by atoms with E-state index in [1.165, 1.54) is 6.07 Å². The van der Waals surface area contributed by atoms with Crippen molar-refractivity contribution in [2.45, 2.75) is 33.7 Å². The zero-order valence-electron chi connectivity index (χ0n) is 11.8. The Bertz CT molecular complexity index is 423. The molecule has 100 valence electrons. The lowest BCUT2D eigenvalue weighted by molar-refractivity contribution is 0.254. The highest BCUT2D eigenvalue weighted by atomic mass is 19.1. The largest absolute Gasteiger partial charge is 0.368 e. The van der Waals surface area contributed by atoms with E-state index in [1.807, 2.05) is 13.0 Å². The Kier molecular flexibility index (Phi) is 3.62. The molecular weight excluding hydrogens is 227 g/mol. The summed E-state index contributed by atoms with van der Waals surface area (Å²) in [7, 11) is 0. The molecule has 0 radical (unpaired) electrons. The van der Waals surface area contributed by atoms with E-state index in [4.69, 9.17) is 0 Å². The van der Waals surface area contributed by atoms with E-state index in [9.17, 15) is 4.39 Å². The van der Waals surface area contributed by atoms with Crippen molar-refractivity contribution >= 4 is 5.69 Å². The molecule has 1 N–H and O–H groups in total. The van der Waals surface area contributed by atoms with Crippen LogP contribution in [-0.2, 0) is 0 Å². The Labute approximate surface area is 109 Å². The van der Waals surface area contributed by atoms with Crippen LogP contribution in [0.1, 0.15) is 26.3 Å². The van der Waals surface area contributed by atoms with Gasteiger partial charge in [-0.15, -0.1) is 0 Å². The number of nitrogens with one attached hydrogen (secondary N) is 1. The molecule has 1 fully saturated rings. The zero-order valence-corrected chi connectivity index (χ0v) is 11.8. The summed E-state index contributed by atoms with van der Waals surface area (Å²) in [6.07, 6.45) is 0. The Morgan fingerprint density at radius 2 is 2.06 bits per heavy atom. The maximum atomic E-state index is 13.6. The minimum Gasteiger partial charge on any atom is -0.368 e. The van der Waals surface area contributed by atoms with Crippen LogP contribution in [0.3, 0.4) is 0 Å². The van der Waals surface area contributed by atoms with Crippen LogP contribution in [0.4, 0.5) is 10.1 Å². The molecule has 3 heteroatoms. The number of hydrogen-bond donors (Lipinski definition) is 1. The second-order valence-corrected chi connectivity index (χ2v) is 6.20. The highest BCUT2D eigenvalue weighted by Gasteiger charge is 2.29. The van der Waals surface area contributed by atoms with Crippen LogP contribution in [0, 0.1) is 18.2 Å². The molecule has 0 saturated carbocycles. The topological polar surface area (TPSA) is 15.3 Å². The molecule has 0 spiro atoms. The predicted molar refractivity (Wildman–Crippen MR) is 74.6 cm³/mol. The second-order valence-electron chi connectivity index (χ2n) is 6.20. The highest BCUT2D eigenvalue weighted by molar-refractivity contribution is 5.54. The summed E-state index contributed by atoms with van der Waals surface area (Å²) in [5.41, 5.74) is 2.01. The minimum absolute atomic E-state index is 0.113. The van der Waals surface area contributed by atoms with E-state index < -0.39 is 0 Å². The molecule has 2 rings (SSSR count).